The van der Waals surface area contributed by atoms with Crippen LogP contribution in [-0.4, -0.2) is 12.6 Å². The maximum atomic E-state index is 11.4. The predicted octanol–water partition coefficient (Wildman–Crippen LogP) is 5.25. The summed E-state index contributed by atoms with van der Waals surface area (Å²) in [5.74, 6) is 0.748. The quantitative estimate of drug-likeness (QED) is 0.651. The Morgan fingerprint density at radius 1 is 0.895 bits per heavy atom. The van der Waals surface area contributed by atoms with Crippen molar-refractivity contribution in [1.82, 2.24) is 0 Å². The fraction of sp³-hybridized carbons (Fsp3) is 0.941. The summed E-state index contributed by atoms with van der Waals surface area (Å²) in [6.07, 6.45) is 16.9. The highest BCUT2D eigenvalue weighted by molar-refractivity contribution is 5.69. The SMILES string of the molecule is CCOC(=O)CCC1CCCCCCCCCCC1. The third kappa shape index (κ3) is 9.07. The van der Waals surface area contributed by atoms with Crippen LogP contribution in [0.25, 0.3) is 0 Å². The number of ether oxygens (including phenoxy) is 1. The second-order valence-corrected chi connectivity index (χ2v) is 5.97. The van der Waals surface area contributed by atoms with Gasteiger partial charge in [-0.1, -0.05) is 70.6 Å². The first kappa shape index (κ1) is 16.5. The molecule has 1 aliphatic carbocycles. The first-order valence-corrected chi connectivity index (χ1v) is 8.48. The van der Waals surface area contributed by atoms with E-state index < -0.39 is 0 Å². The van der Waals surface area contributed by atoms with Gasteiger partial charge in [-0.25, -0.2) is 0 Å². The molecule has 0 atom stereocenters. The summed E-state index contributed by atoms with van der Waals surface area (Å²) in [5.41, 5.74) is 0. The Labute approximate surface area is 119 Å². The zero-order valence-corrected chi connectivity index (χ0v) is 12.8. The minimum absolute atomic E-state index is 0.00591. The fourth-order valence-electron chi connectivity index (χ4n) is 3.09. The number of hydrogen-bond donors (Lipinski definition) is 0. The Balaban J connectivity index is 2.24. The van der Waals surface area contributed by atoms with Gasteiger partial charge in [-0.15, -0.1) is 0 Å². The van der Waals surface area contributed by atoms with Crippen molar-refractivity contribution in [1.29, 1.82) is 0 Å². The molecule has 0 radical (unpaired) electrons. The molecule has 0 aliphatic heterocycles. The topological polar surface area (TPSA) is 26.3 Å². The summed E-state index contributed by atoms with van der Waals surface area (Å²) in [4.78, 5) is 11.4. The Morgan fingerprint density at radius 3 is 1.84 bits per heavy atom. The molecule has 2 nitrogen and oxygen atoms in total. The van der Waals surface area contributed by atoms with E-state index in [9.17, 15) is 4.79 Å². The van der Waals surface area contributed by atoms with Crippen LogP contribution in [0.1, 0.15) is 90.4 Å². The van der Waals surface area contributed by atoms with Crippen molar-refractivity contribution >= 4 is 5.97 Å². The Hall–Kier alpha value is -0.530. The highest BCUT2D eigenvalue weighted by Crippen LogP contribution is 2.24. The molecule has 0 bridgehead atoms. The van der Waals surface area contributed by atoms with Crippen molar-refractivity contribution in [3.8, 4) is 0 Å². The summed E-state index contributed by atoms with van der Waals surface area (Å²) in [7, 11) is 0. The number of rotatable bonds is 4. The first-order valence-electron chi connectivity index (χ1n) is 8.48. The summed E-state index contributed by atoms with van der Waals surface area (Å²) >= 11 is 0. The van der Waals surface area contributed by atoms with Crippen molar-refractivity contribution in [3.05, 3.63) is 0 Å². The average molecular weight is 268 g/mol. The molecule has 1 fully saturated rings. The van der Waals surface area contributed by atoms with Crippen molar-refractivity contribution in [2.75, 3.05) is 6.61 Å². The minimum Gasteiger partial charge on any atom is -0.466 e. The van der Waals surface area contributed by atoms with Gasteiger partial charge in [0.2, 0.25) is 0 Å². The van der Waals surface area contributed by atoms with Crippen LogP contribution in [0.15, 0.2) is 0 Å². The van der Waals surface area contributed by atoms with Gasteiger partial charge >= 0.3 is 5.97 Å². The van der Waals surface area contributed by atoms with Gasteiger partial charge in [0, 0.05) is 6.42 Å². The van der Waals surface area contributed by atoms with Gasteiger partial charge in [0.15, 0.2) is 0 Å². The van der Waals surface area contributed by atoms with Gasteiger partial charge in [0.05, 0.1) is 6.61 Å². The van der Waals surface area contributed by atoms with Gasteiger partial charge in [-0.2, -0.15) is 0 Å². The van der Waals surface area contributed by atoms with Crippen molar-refractivity contribution in [2.45, 2.75) is 90.4 Å². The fourth-order valence-corrected chi connectivity index (χ4v) is 3.09. The monoisotopic (exact) mass is 268 g/mol. The number of carbonyl (C=O) groups is 1. The molecule has 19 heavy (non-hydrogen) atoms. The van der Waals surface area contributed by atoms with Gasteiger partial charge in [0.25, 0.3) is 0 Å². The molecule has 0 aromatic carbocycles. The lowest BCUT2D eigenvalue weighted by atomic mass is 9.89. The summed E-state index contributed by atoms with van der Waals surface area (Å²) in [5, 5.41) is 0. The molecule has 0 heterocycles. The van der Waals surface area contributed by atoms with Crippen LogP contribution in [0.2, 0.25) is 0 Å². The van der Waals surface area contributed by atoms with Crippen molar-refractivity contribution in [2.24, 2.45) is 5.92 Å². The van der Waals surface area contributed by atoms with Crippen LogP contribution in [0.5, 0.6) is 0 Å². The third-order valence-corrected chi connectivity index (χ3v) is 4.29. The molecule has 0 aromatic rings. The molecule has 0 amide bonds. The zero-order chi connectivity index (χ0) is 13.8. The van der Waals surface area contributed by atoms with E-state index in [0.29, 0.717) is 13.0 Å². The normalized spacial score (nSPS) is 20.3. The molecule has 112 valence electrons. The van der Waals surface area contributed by atoms with E-state index in [1.54, 1.807) is 0 Å². The van der Waals surface area contributed by atoms with Crippen LogP contribution in [0.4, 0.5) is 0 Å². The van der Waals surface area contributed by atoms with E-state index in [2.05, 4.69) is 0 Å². The molecule has 1 saturated carbocycles. The molecule has 0 aromatic heterocycles. The molecular weight excluding hydrogens is 236 g/mol. The summed E-state index contributed by atoms with van der Waals surface area (Å²) in [6, 6.07) is 0. The second-order valence-electron chi connectivity index (χ2n) is 5.97. The molecule has 0 N–H and O–H groups in total. The lowest BCUT2D eigenvalue weighted by molar-refractivity contribution is -0.143. The average Bonchev–Trinajstić information content (AvgIpc) is 2.38. The third-order valence-electron chi connectivity index (χ3n) is 4.29. The first-order chi connectivity index (χ1) is 9.33. The van der Waals surface area contributed by atoms with E-state index in [0.717, 1.165) is 12.3 Å². The van der Waals surface area contributed by atoms with Crippen molar-refractivity contribution in [3.63, 3.8) is 0 Å². The van der Waals surface area contributed by atoms with Crippen LogP contribution in [0, 0.1) is 5.92 Å². The predicted molar refractivity (Wildman–Crippen MR) is 80.1 cm³/mol. The Kier molecular flexibility index (Phi) is 9.84. The highest BCUT2D eigenvalue weighted by atomic mass is 16.5. The largest absolute Gasteiger partial charge is 0.466 e. The van der Waals surface area contributed by atoms with Crippen LogP contribution in [-0.2, 0) is 9.53 Å². The van der Waals surface area contributed by atoms with Crippen molar-refractivity contribution < 1.29 is 9.53 Å². The lowest BCUT2D eigenvalue weighted by Crippen LogP contribution is -2.08. The van der Waals surface area contributed by atoms with E-state index in [4.69, 9.17) is 4.74 Å². The van der Waals surface area contributed by atoms with E-state index in [1.165, 1.54) is 70.6 Å². The maximum absolute atomic E-state index is 11.4. The highest BCUT2D eigenvalue weighted by Gasteiger charge is 2.12. The van der Waals surface area contributed by atoms with Gasteiger partial charge in [0.1, 0.15) is 0 Å². The molecule has 2 heteroatoms. The van der Waals surface area contributed by atoms with Gasteiger partial charge in [-0.3, -0.25) is 4.79 Å². The van der Waals surface area contributed by atoms with E-state index in [-0.39, 0.29) is 5.97 Å². The second kappa shape index (κ2) is 11.3. The Bertz CT molecular complexity index is 213. The number of carbonyl (C=O) groups excluding carboxylic acids is 1. The molecular formula is C17H32O2. The maximum Gasteiger partial charge on any atom is 0.305 e. The van der Waals surface area contributed by atoms with Gasteiger partial charge in [-0.05, 0) is 19.3 Å². The molecule has 0 saturated heterocycles. The van der Waals surface area contributed by atoms with Crippen LogP contribution in [0.3, 0.4) is 0 Å². The number of esters is 1. The summed E-state index contributed by atoms with van der Waals surface area (Å²) < 4.78 is 5.03. The zero-order valence-electron chi connectivity index (χ0n) is 12.8. The lowest BCUT2D eigenvalue weighted by Gasteiger charge is -2.17. The summed E-state index contributed by atoms with van der Waals surface area (Å²) in [6.45, 7) is 2.40. The van der Waals surface area contributed by atoms with Crippen LogP contribution < -0.4 is 0 Å². The Morgan fingerprint density at radius 2 is 1.37 bits per heavy atom. The molecule has 1 rings (SSSR count). The smallest absolute Gasteiger partial charge is 0.305 e. The molecule has 0 spiro atoms. The molecule has 0 unspecified atom stereocenters. The van der Waals surface area contributed by atoms with E-state index >= 15 is 0 Å². The number of hydrogen-bond acceptors (Lipinski definition) is 2. The van der Waals surface area contributed by atoms with E-state index in [1.807, 2.05) is 6.92 Å². The van der Waals surface area contributed by atoms with Crippen LogP contribution >= 0.6 is 0 Å². The molecule has 1 aliphatic rings. The van der Waals surface area contributed by atoms with Gasteiger partial charge < -0.3 is 4.74 Å². The minimum atomic E-state index is -0.00591. The standard InChI is InChI=1S/C17H32O2/c1-2-19-17(18)15-14-16-12-10-8-6-4-3-5-7-9-11-13-16/h16H,2-15H2,1H3.